The number of benzene rings is 2. The van der Waals surface area contributed by atoms with Crippen molar-refractivity contribution < 1.29 is 13.6 Å². The molecule has 0 unspecified atom stereocenters. The lowest BCUT2D eigenvalue weighted by Gasteiger charge is -2.02. The number of aryl methyl sites for hydroxylation is 1. The first-order chi connectivity index (χ1) is 12.1. The van der Waals surface area contributed by atoms with Gasteiger partial charge in [-0.25, -0.2) is 8.78 Å². The molecule has 0 aliphatic rings. The van der Waals surface area contributed by atoms with Crippen molar-refractivity contribution in [3.63, 3.8) is 0 Å². The second kappa shape index (κ2) is 7.65. The third kappa shape index (κ3) is 4.69. The van der Waals surface area contributed by atoms with Crippen molar-refractivity contribution in [2.45, 2.75) is 19.3 Å². The predicted molar refractivity (Wildman–Crippen MR) is 88.9 cm³/mol. The molecule has 0 saturated heterocycles. The number of anilines is 1. The number of H-pyrrole nitrogens is 1. The SMILES string of the molecule is O=C(CCc1ccccc1F)Nc1n[nH]c(Cc2cccc(F)c2)n1. The lowest BCUT2D eigenvalue weighted by molar-refractivity contribution is -0.116. The number of carbonyl (C=O) groups is 1. The molecule has 0 atom stereocenters. The van der Waals surface area contributed by atoms with Gasteiger partial charge < -0.3 is 0 Å². The van der Waals surface area contributed by atoms with Gasteiger partial charge in [0.05, 0.1) is 0 Å². The summed E-state index contributed by atoms with van der Waals surface area (Å²) in [5.41, 5.74) is 1.23. The fraction of sp³-hybridized carbons (Fsp3) is 0.167. The summed E-state index contributed by atoms with van der Waals surface area (Å²) < 4.78 is 26.7. The average molecular weight is 342 g/mol. The summed E-state index contributed by atoms with van der Waals surface area (Å²) in [5, 5.41) is 9.18. The van der Waals surface area contributed by atoms with Crippen LogP contribution in [0.3, 0.4) is 0 Å². The van der Waals surface area contributed by atoms with Crippen LogP contribution in [-0.4, -0.2) is 21.1 Å². The summed E-state index contributed by atoms with van der Waals surface area (Å²) in [6.07, 6.45) is 0.781. The molecule has 0 bridgehead atoms. The minimum absolute atomic E-state index is 0.120. The van der Waals surface area contributed by atoms with Gasteiger partial charge in [0.1, 0.15) is 17.5 Å². The van der Waals surface area contributed by atoms with E-state index < -0.39 is 0 Å². The third-order valence-electron chi connectivity index (χ3n) is 3.62. The number of nitrogens with one attached hydrogen (secondary N) is 2. The number of hydrogen-bond acceptors (Lipinski definition) is 3. The molecule has 128 valence electrons. The van der Waals surface area contributed by atoms with E-state index in [1.165, 1.54) is 18.2 Å². The van der Waals surface area contributed by atoms with Crippen molar-refractivity contribution in [3.05, 3.63) is 77.1 Å². The summed E-state index contributed by atoms with van der Waals surface area (Å²) in [5.74, 6) is -0.302. The summed E-state index contributed by atoms with van der Waals surface area (Å²) in [6, 6.07) is 12.5. The molecular formula is C18H16F2N4O. The van der Waals surface area contributed by atoms with Crippen molar-refractivity contribution in [2.24, 2.45) is 0 Å². The van der Waals surface area contributed by atoms with Gasteiger partial charge in [-0.1, -0.05) is 30.3 Å². The highest BCUT2D eigenvalue weighted by atomic mass is 19.1. The molecule has 3 aromatic rings. The lowest BCUT2D eigenvalue weighted by Crippen LogP contribution is -2.13. The maximum Gasteiger partial charge on any atom is 0.248 e. The van der Waals surface area contributed by atoms with Gasteiger partial charge in [-0.3, -0.25) is 15.2 Å². The molecule has 0 aliphatic carbocycles. The zero-order valence-electron chi connectivity index (χ0n) is 13.3. The fourth-order valence-corrected chi connectivity index (χ4v) is 2.41. The van der Waals surface area contributed by atoms with E-state index in [0.29, 0.717) is 24.2 Å². The van der Waals surface area contributed by atoms with Crippen LogP contribution in [0.5, 0.6) is 0 Å². The van der Waals surface area contributed by atoms with Crippen LogP contribution in [0.15, 0.2) is 48.5 Å². The topological polar surface area (TPSA) is 70.7 Å². The van der Waals surface area contributed by atoms with E-state index in [2.05, 4.69) is 20.5 Å². The van der Waals surface area contributed by atoms with Gasteiger partial charge in [-0.05, 0) is 35.7 Å². The molecule has 2 N–H and O–H groups in total. The zero-order valence-corrected chi connectivity index (χ0v) is 13.3. The number of halogens is 2. The number of hydrogen-bond donors (Lipinski definition) is 2. The highest BCUT2D eigenvalue weighted by Crippen LogP contribution is 2.11. The predicted octanol–water partition coefficient (Wildman–Crippen LogP) is 3.25. The Labute approximate surface area is 143 Å². The molecule has 0 spiro atoms. The van der Waals surface area contributed by atoms with Crippen LogP contribution in [0.25, 0.3) is 0 Å². The lowest BCUT2D eigenvalue weighted by atomic mass is 10.1. The van der Waals surface area contributed by atoms with Gasteiger partial charge in [0.25, 0.3) is 0 Å². The van der Waals surface area contributed by atoms with Crippen LogP contribution in [0.1, 0.15) is 23.4 Å². The maximum absolute atomic E-state index is 13.5. The van der Waals surface area contributed by atoms with E-state index in [0.717, 1.165) is 5.56 Å². The molecule has 0 saturated carbocycles. The first-order valence-corrected chi connectivity index (χ1v) is 7.79. The van der Waals surface area contributed by atoms with E-state index in [9.17, 15) is 13.6 Å². The molecule has 25 heavy (non-hydrogen) atoms. The number of carbonyl (C=O) groups excluding carboxylic acids is 1. The summed E-state index contributed by atoms with van der Waals surface area (Å²) in [4.78, 5) is 16.1. The largest absolute Gasteiger partial charge is 0.293 e. The monoisotopic (exact) mass is 342 g/mol. The Morgan fingerprint density at radius 3 is 2.76 bits per heavy atom. The van der Waals surface area contributed by atoms with Gasteiger partial charge in [0.2, 0.25) is 11.9 Å². The normalized spacial score (nSPS) is 10.6. The molecule has 0 aliphatic heterocycles. The van der Waals surface area contributed by atoms with Crippen LogP contribution in [0.2, 0.25) is 0 Å². The van der Waals surface area contributed by atoms with E-state index >= 15 is 0 Å². The van der Waals surface area contributed by atoms with Crippen LogP contribution in [0.4, 0.5) is 14.7 Å². The second-order valence-corrected chi connectivity index (χ2v) is 5.55. The van der Waals surface area contributed by atoms with Gasteiger partial charge in [0, 0.05) is 12.8 Å². The van der Waals surface area contributed by atoms with Crippen LogP contribution >= 0.6 is 0 Å². The minimum Gasteiger partial charge on any atom is -0.293 e. The quantitative estimate of drug-likeness (QED) is 0.722. The second-order valence-electron chi connectivity index (χ2n) is 5.55. The van der Waals surface area contributed by atoms with Gasteiger partial charge >= 0.3 is 0 Å². The molecule has 0 fully saturated rings. The molecule has 3 rings (SSSR count). The average Bonchev–Trinajstić information content (AvgIpc) is 3.01. The van der Waals surface area contributed by atoms with Gasteiger partial charge in [-0.2, -0.15) is 4.98 Å². The molecule has 7 heteroatoms. The summed E-state index contributed by atoms with van der Waals surface area (Å²) >= 11 is 0. The first kappa shape index (κ1) is 16.8. The van der Waals surface area contributed by atoms with Crippen LogP contribution < -0.4 is 5.32 Å². The van der Waals surface area contributed by atoms with Crippen LogP contribution in [0, 0.1) is 11.6 Å². The van der Waals surface area contributed by atoms with Crippen molar-refractivity contribution in [3.8, 4) is 0 Å². The molecule has 5 nitrogen and oxygen atoms in total. The molecule has 1 amide bonds. The Hall–Kier alpha value is -3.09. The zero-order chi connectivity index (χ0) is 17.6. The van der Waals surface area contributed by atoms with E-state index in [1.807, 2.05) is 0 Å². The van der Waals surface area contributed by atoms with E-state index in [-0.39, 0.29) is 29.9 Å². The third-order valence-corrected chi connectivity index (χ3v) is 3.62. The highest BCUT2D eigenvalue weighted by Gasteiger charge is 2.10. The number of rotatable bonds is 6. The summed E-state index contributed by atoms with van der Waals surface area (Å²) in [6.45, 7) is 0. The molecule has 2 aromatic carbocycles. The smallest absolute Gasteiger partial charge is 0.248 e. The van der Waals surface area contributed by atoms with Gasteiger partial charge in [-0.15, -0.1) is 5.10 Å². The Morgan fingerprint density at radius 1 is 1.12 bits per heavy atom. The number of amides is 1. The van der Waals surface area contributed by atoms with E-state index in [1.54, 1.807) is 30.3 Å². The Morgan fingerprint density at radius 2 is 1.96 bits per heavy atom. The summed E-state index contributed by atoms with van der Waals surface area (Å²) in [7, 11) is 0. The number of aromatic nitrogens is 3. The molecule has 1 heterocycles. The highest BCUT2D eigenvalue weighted by molar-refractivity contribution is 5.89. The molecular weight excluding hydrogens is 326 g/mol. The maximum atomic E-state index is 13.5. The minimum atomic E-state index is -0.328. The standard InChI is InChI=1S/C18H16F2N4O/c19-14-6-3-4-12(10-14)11-16-21-18(24-23-16)22-17(25)9-8-13-5-1-2-7-15(13)20/h1-7,10H,8-9,11H2,(H2,21,22,23,24,25). The molecule has 1 aromatic heterocycles. The Bertz CT molecular complexity index is 879. The van der Waals surface area contributed by atoms with Crippen LogP contribution in [-0.2, 0) is 17.6 Å². The number of nitrogens with zero attached hydrogens (tertiary/aromatic N) is 2. The van der Waals surface area contributed by atoms with Crippen molar-refractivity contribution in [1.82, 2.24) is 15.2 Å². The van der Waals surface area contributed by atoms with Crippen molar-refractivity contribution >= 4 is 11.9 Å². The molecule has 0 radical (unpaired) electrons. The van der Waals surface area contributed by atoms with Gasteiger partial charge in [0.15, 0.2) is 0 Å². The van der Waals surface area contributed by atoms with Crippen molar-refractivity contribution in [2.75, 3.05) is 5.32 Å². The number of aromatic amines is 1. The fourth-order valence-electron chi connectivity index (χ4n) is 2.41. The Balaban J connectivity index is 1.54. The first-order valence-electron chi connectivity index (χ1n) is 7.79. The van der Waals surface area contributed by atoms with E-state index in [4.69, 9.17) is 0 Å². The Kier molecular flexibility index (Phi) is 5.13. The van der Waals surface area contributed by atoms with Crippen molar-refractivity contribution in [1.29, 1.82) is 0 Å².